The van der Waals surface area contributed by atoms with Crippen LogP contribution in [0.2, 0.25) is 0 Å². The molecule has 0 bridgehead atoms. The van der Waals surface area contributed by atoms with Gasteiger partial charge >= 0.3 is 18.8 Å². The highest BCUT2D eigenvalue weighted by atomic mass is 19.4. The largest absolute Gasteiger partial charge is 0.490 e. The Hall–Kier alpha value is -5.61. The van der Waals surface area contributed by atoms with Gasteiger partial charge in [0.25, 0.3) is 0 Å². The standard InChI is InChI=1S/C24H20F3N7O2.C2HF3O2/c1-3-21(35)30-15-7-8-19(25)20(10-15)32-22-18(14-5-4-6-17(9-14)36-23(26)27)12-28-24(33-22)31-16-11-29-34(2)13-16;3-2(4,5)1(6)7/h3-13,23H,1H2,2H3,(H,30,35)(H2,28,31,32,33);(H,6,7). The first-order valence-electron chi connectivity index (χ1n) is 11.7. The highest BCUT2D eigenvalue weighted by Gasteiger charge is 2.38. The third-order valence-electron chi connectivity index (χ3n) is 5.03. The van der Waals surface area contributed by atoms with Crippen molar-refractivity contribution >= 4 is 40.7 Å². The van der Waals surface area contributed by atoms with Crippen molar-refractivity contribution in [2.45, 2.75) is 12.8 Å². The number of nitrogens with one attached hydrogen (secondary N) is 3. The molecule has 0 saturated carbocycles. The summed E-state index contributed by atoms with van der Waals surface area (Å²) in [5, 5.41) is 19.7. The van der Waals surface area contributed by atoms with Crippen molar-refractivity contribution < 1.29 is 45.8 Å². The van der Waals surface area contributed by atoms with Crippen molar-refractivity contribution in [3.05, 3.63) is 79.5 Å². The third kappa shape index (κ3) is 9.48. The first kappa shape index (κ1) is 31.9. The zero-order valence-corrected chi connectivity index (χ0v) is 21.9. The second-order valence-electron chi connectivity index (χ2n) is 8.21. The minimum Gasteiger partial charge on any atom is -0.475 e. The van der Waals surface area contributed by atoms with E-state index in [-0.39, 0.29) is 23.2 Å². The summed E-state index contributed by atoms with van der Waals surface area (Å²) in [5.41, 5.74) is 1.76. The summed E-state index contributed by atoms with van der Waals surface area (Å²) in [4.78, 5) is 29.3. The Bertz CT molecular complexity index is 1610. The van der Waals surface area contributed by atoms with Crippen LogP contribution in [0.5, 0.6) is 5.75 Å². The van der Waals surface area contributed by atoms with E-state index in [1.165, 1.54) is 42.6 Å². The van der Waals surface area contributed by atoms with Crippen molar-refractivity contribution in [1.29, 1.82) is 0 Å². The summed E-state index contributed by atoms with van der Waals surface area (Å²) < 4.78 is 78.0. The molecule has 0 unspecified atom stereocenters. The fourth-order valence-electron chi connectivity index (χ4n) is 3.22. The van der Waals surface area contributed by atoms with E-state index in [4.69, 9.17) is 9.90 Å². The van der Waals surface area contributed by atoms with Gasteiger partial charge in [-0.05, 0) is 42.0 Å². The van der Waals surface area contributed by atoms with E-state index in [0.717, 1.165) is 6.08 Å². The molecule has 1 amide bonds. The van der Waals surface area contributed by atoms with Crippen LogP contribution in [0.15, 0.2) is 73.7 Å². The van der Waals surface area contributed by atoms with Gasteiger partial charge in [-0.1, -0.05) is 18.7 Å². The van der Waals surface area contributed by atoms with Crippen molar-refractivity contribution in [3.8, 4) is 16.9 Å². The van der Waals surface area contributed by atoms with Crippen molar-refractivity contribution in [3.63, 3.8) is 0 Å². The lowest BCUT2D eigenvalue weighted by Gasteiger charge is -2.15. The fourth-order valence-corrected chi connectivity index (χ4v) is 3.22. The highest BCUT2D eigenvalue weighted by Crippen LogP contribution is 2.33. The molecule has 0 atom stereocenters. The Labute approximate surface area is 238 Å². The number of anilines is 5. The van der Waals surface area contributed by atoms with Gasteiger partial charge in [-0.3, -0.25) is 9.48 Å². The number of carboxylic acid groups (broad SMARTS) is 1. The minimum atomic E-state index is -5.08. The first-order valence-corrected chi connectivity index (χ1v) is 11.7. The molecule has 17 heteroatoms. The van der Waals surface area contributed by atoms with Crippen LogP contribution < -0.4 is 20.7 Å². The molecule has 0 spiro atoms. The summed E-state index contributed by atoms with van der Waals surface area (Å²) in [6, 6.07) is 9.90. The van der Waals surface area contributed by atoms with Gasteiger partial charge in [-0.15, -0.1) is 0 Å². The van der Waals surface area contributed by atoms with E-state index >= 15 is 0 Å². The lowest BCUT2D eigenvalue weighted by atomic mass is 10.1. The SMILES string of the molecule is C=CC(=O)Nc1ccc(F)c(Nc2nc(Nc3cnn(C)c3)ncc2-c2cccc(OC(F)F)c2)c1.O=C(O)C(F)(F)F. The summed E-state index contributed by atoms with van der Waals surface area (Å²) >= 11 is 0. The van der Waals surface area contributed by atoms with Crippen molar-refractivity contribution in [2.75, 3.05) is 16.0 Å². The van der Waals surface area contributed by atoms with Crippen LogP contribution in [0, 0.1) is 5.82 Å². The number of carbonyl (C=O) groups excluding carboxylic acids is 1. The average Bonchev–Trinajstić information content (AvgIpc) is 3.34. The number of hydrogen-bond donors (Lipinski definition) is 4. The molecule has 43 heavy (non-hydrogen) atoms. The molecule has 0 fully saturated rings. The monoisotopic (exact) mass is 609 g/mol. The zero-order valence-electron chi connectivity index (χ0n) is 21.9. The summed E-state index contributed by atoms with van der Waals surface area (Å²) in [6.07, 6.45) is 0.739. The second kappa shape index (κ2) is 13.8. The van der Waals surface area contributed by atoms with Crippen molar-refractivity contribution in [1.82, 2.24) is 19.7 Å². The number of carbonyl (C=O) groups is 2. The Balaban J connectivity index is 0.000000646. The van der Waals surface area contributed by atoms with Gasteiger partial charge in [0.1, 0.15) is 17.4 Å². The maximum atomic E-state index is 14.7. The molecule has 2 aromatic heterocycles. The molecular weight excluding hydrogens is 588 g/mol. The molecule has 4 rings (SSSR count). The molecule has 2 aromatic carbocycles. The van der Waals surface area contributed by atoms with Crippen LogP contribution in [-0.2, 0) is 16.6 Å². The Kier molecular flexibility index (Phi) is 10.3. The Morgan fingerprint density at radius 3 is 2.42 bits per heavy atom. The Morgan fingerprint density at radius 1 is 1.09 bits per heavy atom. The van der Waals surface area contributed by atoms with E-state index in [9.17, 15) is 31.1 Å². The van der Waals surface area contributed by atoms with Crippen LogP contribution in [-0.4, -0.2) is 49.5 Å². The van der Waals surface area contributed by atoms with Gasteiger partial charge in [0.05, 0.1) is 17.6 Å². The van der Waals surface area contributed by atoms with Gasteiger partial charge < -0.3 is 25.8 Å². The molecule has 0 saturated heterocycles. The van der Waals surface area contributed by atoms with Gasteiger partial charge in [0, 0.05) is 30.7 Å². The first-order chi connectivity index (χ1) is 20.2. The quantitative estimate of drug-likeness (QED) is 0.135. The van der Waals surface area contributed by atoms with Gasteiger partial charge in [0.2, 0.25) is 11.9 Å². The number of nitrogens with zero attached hydrogens (tertiary/aromatic N) is 4. The van der Waals surface area contributed by atoms with E-state index in [1.54, 1.807) is 30.2 Å². The maximum absolute atomic E-state index is 14.7. The van der Waals surface area contributed by atoms with E-state index in [0.29, 0.717) is 22.5 Å². The predicted octanol–water partition coefficient (Wildman–Crippen LogP) is 5.86. The number of alkyl halides is 5. The molecule has 4 aromatic rings. The number of hydrogen-bond acceptors (Lipinski definition) is 8. The number of carboxylic acids is 1. The van der Waals surface area contributed by atoms with Gasteiger partial charge in [0.15, 0.2) is 0 Å². The molecule has 0 aliphatic rings. The Morgan fingerprint density at radius 2 is 1.81 bits per heavy atom. The second-order valence-corrected chi connectivity index (χ2v) is 8.21. The minimum absolute atomic E-state index is 0.00382. The van der Waals surface area contributed by atoms with E-state index in [1.807, 2.05) is 0 Å². The molecule has 226 valence electrons. The van der Waals surface area contributed by atoms with Crippen LogP contribution in [0.1, 0.15) is 0 Å². The lowest BCUT2D eigenvalue weighted by molar-refractivity contribution is -0.192. The highest BCUT2D eigenvalue weighted by molar-refractivity contribution is 5.99. The van der Waals surface area contributed by atoms with Gasteiger partial charge in [-0.2, -0.15) is 32.0 Å². The summed E-state index contributed by atoms with van der Waals surface area (Å²) in [5.74, 6) is -3.57. The smallest absolute Gasteiger partial charge is 0.475 e. The number of amides is 1. The summed E-state index contributed by atoms with van der Waals surface area (Å²) in [7, 11) is 1.75. The van der Waals surface area contributed by atoms with Gasteiger partial charge in [-0.25, -0.2) is 14.2 Å². The zero-order chi connectivity index (χ0) is 31.7. The molecular formula is C26H21F6N7O4. The third-order valence-corrected chi connectivity index (χ3v) is 5.03. The van der Waals surface area contributed by atoms with Crippen LogP contribution in [0.25, 0.3) is 11.1 Å². The van der Waals surface area contributed by atoms with Crippen LogP contribution in [0.3, 0.4) is 0 Å². The molecule has 4 N–H and O–H groups in total. The number of aliphatic carboxylic acids is 1. The summed E-state index contributed by atoms with van der Waals surface area (Å²) in [6.45, 7) is 0.394. The number of aromatic nitrogens is 4. The number of aryl methyl sites for hydroxylation is 1. The number of benzene rings is 2. The van der Waals surface area contributed by atoms with Crippen LogP contribution in [0.4, 0.5) is 55.2 Å². The molecule has 11 nitrogen and oxygen atoms in total. The topological polar surface area (TPSA) is 143 Å². The molecule has 2 heterocycles. The average molecular weight is 609 g/mol. The van der Waals surface area contributed by atoms with Crippen LogP contribution >= 0.6 is 0 Å². The molecule has 0 aliphatic carbocycles. The van der Waals surface area contributed by atoms with E-state index in [2.05, 4.69) is 42.3 Å². The maximum Gasteiger partial charge on any atom is 0.490 e. The van der Waals surface area contributed by atoms with Crippen molar-refractivity contribution in [2.24, 2.45) is 7.05 Å². The predicted molar refractivity (Wildman–Crippen MR) is 143 cm³/mol. The van der Waals surface area contributed by atoms with E-state index < -0.39 is 30.5 Å². The number of halogens is 6. The molecule has 0 radical (unpaired) electrons. The number of rotatable bonds is 9. The fraction of sp³-hybridized carbons (Fsp3) is 0.115. The normalized spacial score (nSPS) is 10.8. The lowest BCUT2D eigenvalue weighted by Crippen LogP contribution is -2.21. The number of ether oxygens (including phenoxy) is 1. The molecule has 0 aliphatic heterocycles.